The Morgan fingerprint density at radius 1 is 1.16 bits per heavy atom. The molecule has 0 bridgehead atoms. The van der Waals surface area contributed by atoms with E-state index in [0.717, 1.165) is 24.7 Å². The fraction of sp³-hybridized carbons (Fsp3) is 0.364. The highest BCUT2D eigenvalue weighted by molar-refractivity contribution is 5.96. The summed E-state index contributed by atoms with van der Waals surface area (Å²) >= 11 is 0. The summed E-state index contributed by atoms with van der Waals surface area (Å²) in [6.45, 7) is 4.66. The van der Waals surface area contributed by atoms with Crippen LogP contribution >= 0.6 is 0 Å². The molecule has 162 valence electrons. The number of hydrogen-bond acceptors (Lipinski definition) is 5. The van der Waals surface area contributed by atoms with Crippen molar-refractivity contribution in [3.05, 3.63) is 65.1 Å². The number of benzene rings is 1. The van der Waals surface area contributed by atoms with Gasteiger partial charge in [-0.3, -0.25) is 4.79 Å². The minimum atomic E-state index is -0.725. The number of nitrogens with zero attached hydrogens (tertiary/aromatic N) is 6. The molecule has 0 N–H and O–H groups in total. The first-order valence-corrected chi connectivity index (χ1v) is 10.2. The summed E-state index contributed by atoms with van der Waals surface area (Å²) in [5, 5.41) is 12.4. The highest BCUT2D eigenvalue weighted by Crippen LogP contribution is 2.25. The van der Waals surface area contributed by atoms with Crippen LogP contribution in [0.5, 0.6) is 0 Å². The molecule has 1 aromatic carbocycles. The molecule has 0 atom stereocenters. The van der Waals surface area contributed by atoms with Crippen molar-refractivity contribution in [2.75, 3.05) is 25.0 Å². The first kappa shape index (κ1) is 20.9. The van der Waals surface area contributed by atoms with Gasteiger partial charge in [0.25, 0.3) is 5.91 Å². The Kier molecular flexibility index (Phi) is 5.67. The van der Waals surface area contributed by atoms with E-state index in [-0.39, 0.29) is 17.6 Å². The number of anilines is 1. The lowest BCUT2D eigenvalue weighted by molar-refractivity contribution is 0.0711. The highest BCUT2D eigenvalue weighted by Gasteiger charge is 2.30. The van der Waals surface area contributed by atoms with Crippen LogP contribution < -0.4 is 4.90 Å². The summed E-state index contributed by atoms with van der Waals surface area (Å²) in [6.07, 6.45) is 3.25. The number of piperidine rings is 1. The van der Waals surface area contributed by atoms with Crippen molar-refractivity contribution in [3.63, 3.8) is 0 Å². The number of aryl methyl sites for hydroxylation is 1. The second-order valence-electron chi connectivity index (χ2n) is 7.77. The van der Waals surface area contributed by atoms with Crippen LogP contribution in [0.25, 0.3) is 5.69 Å². The minimum absolute atomic E-state index is 0.116. The lowest BCUT2D eigenvalue weighted by atomic mass is 10.0. The summed E-state index contributed by atoms with van der Waals surface area (Å²) in [4.78, 5) is 17.2. The van der Waals surface area contributed by atoms with Gasteiger partial charge in [-0.25, -0.2) is 13.5 Å². The predicted octanol–water partition coefficient (Wildman–Crippen LogP) is 3.30. The van der Waals surface area contributed by atoms with Crippen molar-refractivity contribution < 1.29 is 13.6 Å². The SMILES string of the molecule is Cc1nn(-c2ccc(F)cc2F)c(C)c1C(=O)N1CCC(N(C)c2cccnn2)CC1. The van der Waals surface area contributed by atoms with Crippen molar-refractivity contribution in [2.24, 2.45) is 0 Å². The number of likely N-dealkylation sites (tertiary alicyclic amines) is 1. The number of carbonyl (C=O) groups is 1. The molecule has 9 heteroatoms. The maximum absolute atomic E-state index is 14.3. The normalized spacial score (nSPS) is 14.7. The molecule has 1 fully saturated rings. The van der Waals surface area contributed by atoms with Crippen LogP contribution in [0.1, 0.15) is 34.6 Å². The van der Waals surface area contributed by atoms with Gasteiger partial charge in [-0.15, -0.1) is 5.10 Å². The molecule has 0 saturated carbocycles. The minimum Gasteiger partial charge on any atom is -0.355 e. The topological polar surface area (TPSA) is 67.2 Å². The van der Waals surface area contributed by atoms with Crippen LogP contribution in [0.4, 0.5) is 14.6 Å². The van der Waals surface area contributed by atoms with E-state index in [2.05, 4.69) is 20.2 Å². The Morgan fingerprint density at radius 2 is 1.90 bits per heavy atom. The van der Waals surface area contributed by atoms with Gasteiger partial charge < -0.3 is 9.80 Å². The molecular weight excluding hydrogens is 402 g/mol. The quantitative estimate of drug-likeness (QED) is 0.641. The molecule has 0 spiro atoms. The number of halogens is 2. The van der Waals surface area contributed by atoms with Gasteiger partial charge in [0.2, 0.25) is 0 Å². The highest BCUT2D eigenvalue weighted by atomic mass is 19.1. The number of aromatic nitrogens is 4. The van der Waals surface area contributed by atoms with E-state index in [1.165, 1.54) is 16.8 Å². The molecule has 2 aromatic heterocycles. The lowest BCUT2D eigenvalue weighted by Gasteiger charge is -2.37. The Morgan fingerprint density at radius 3 is 2.55 bits per heavy atom. The molecular formula is C22H24F2N6O. The molecule has 0 radical (unpaired) electrons. The predicted molar refractivity (Wildman–Crippen MR) is 112 cm³/mol. The van der Waals surface area contributed by atoms with Crippen LogP contribution in [0.3, 0.4) is 0 Å². The number of hydrogen-bond donors (Lipinski definition) is 0. The van der Waals surface area contributed by atoms with E-state index in [1.807, 2.05) is 24.1 Å². The van der Waals surface area contributed by atoms with Crippen molar-refractivity contribution >= 4 is 11.7 Å². The standard InChI is InChI=1S/C22H24F2N6O/c1-14-21(15(2)30(27-14)19-7-6-16(23)13-18(19)24)22(31)29-11-8-17(9-12-29)28(3)20-5-4-10-25-26-20/h4-7,10,13,17H,8-9,11-12H2,1-3H3. The maximum atomic E-state index is 14.3. The van der Waals surface area contributed by atoms with Crippen molar-refractivity contribution in [2.45, 2.75) is 32.7 Å². The van der Waals surface area contributed by atoms with Gasteiger partial charge in [0.05, 0.1) is 17.0 Å². The van der Waals surface area contributed by atoms with E-state index in [0.29, 0.717) is 30.0 Å². The van der Waals surface area contributed by atoms with Gasteiger partial charge in [-0.2, -0.15) is 10.2 Å². The number of carbonyl (C=O) groups excluding carboxylic acids is 1. The van der Waals surface area contributed by atoms with Gasteiger partial charge in [0.15, 0.2) is 11.6 Å². The van der Waals surface area contributed by atoms with Crippen LogP contribution in [0, 0.1) is 25.5 Å². The van der Waals surface area contributed by atoms with Crippen LogP contribution in [-0.2, 0) is 0 Å². The summed E-state index contributed by atoms with van der Waals surface area (Å²) < 4.78 is 28.9. The number of amides is 1. The molecule has 1 amide bonds. The van der Waals surface area contributed by atoms with Crippen LogP contribution in [-0.4, -0.2) is 57.0 Å². The molecule has 1 aliphatic rings. The third kappa shape index (κ3) is 3.99. The summed E-state index contributed by atoms with van der Waals surface area (Å²) in [7, 11) is 1.99. The van der Waals surface area contributed by atoms with E-state index in [4.69, 9.17) is 0 Å². The van der Waals surface area contributed by atoms with Gasteiger partial charge in [-0.1, -0.05) is 0 Å². The van der Waals surface area contributed by atoms with Gasteiger partial charge >= 0.3 is 0 Å². The fourth-order valence-electron chi connectivity index (χ4n) is 4.12. The van der Waals surface area contributed by atoms with Gasteiger partial charge in [-0.05, 0) is 51.0 Å². The van der Waals surface area contributed by atoms with Crippen molar-refractivity contribution in [1.82, 2.24) is 24.9 Å². The van der Waals surface area contributed by atoms with E-state index < -0.39 is 11.6 Å². The summed E-state index contributed by atoms with van der Waals surface area (Å²) in [6, 6.07) is 7.34. The molecule has 0 unspecified atom stereocenters. The molecule has 31 heavy (non-hydrogen) atoms. The lowest BCUT2D eigenvalue weighted by Crippen LogP contribution is -2.46. The fourth-order valence-corrected chi connectivity index (χ4v) is 4.12. The zero-order valence-corrected chi connectivity index (χ0v) is 17.7. The average Bonchev–Trinajstić information content (AvgIpc) is 3.07. The second kappa shape index (κ2) is 8.41. The summed E-state index contributed by atoms with van der Waals surface area (Å²) in [5.41, 5.74) is 1.63. The zero-order valence-electron chi connectivity index (χ0n) is 17.7. The second-order valence-corrected chi connectivity index (χ2v) is 7.77. The van der Waals surface area contributed by atoms with Gasteiger partial charge in [0, 0.05) is 38.4 Å². The largest absolute Gasteiger partial charge is 0.355 e. The zero-order chi connectivity index (χ0) is 22.1. The van der Waals surface area contributed by atoms with E-state index in [9.17, 15) is 13.6 Å². The average molecular weight is 426 g/mol. The number of rotatable bonds is 4. The van der Waals surface area contributed by atoms with Gasteiger partial charge in [0.1, 0.15) is 11.5 Å². The van der Waals surface area contributed by atoms with E-state index >= 15 is 0 Å². The Bertz CT molecular complexity index is 1090. The van der Waals surface area contributed by atoms with Crippen molar-refractivity contribution in [3.8, 4) is 5.69 Å². The first-order valence-electron chi connectivity index (χ1n) is 10.2. The molecule has 0 aliphatic carbocycles. The molecule has 7 nitrogen and oxygen atoms in total. The molecule has 3 aromatic rings. The van der Waals surface area contributed by atoms with Crippen LogP contribution in [0.15, 0.2) is 36.5 Å². The molecule has 1 aliphatic heterocycles. The monoisotopic (exact) mass is 426 g/mol. The Balaban J connectivity index is 1.50. The molecule has 1 saturated heterocycles. The Labute approximate surface area is 179 Å². The third-order valence-electron chi connectivity index (χ3n) is 5.86. The first-order chi connectivity index (χ1) is 14.9. The van der Waals surface area contributed by atoms with E-state index in [1.54, 1.807) is 20.0 Å². The van der Waals surface area contributed by atoms with Crippen molar-refractivity contribution in [1.29, 1.82) is 0 Å². The third-order valence-corrected chi connectivity index (χ3v) is 5.86. The molecule has 3 heterocycles. The summed E-state index contributed by atoms with van der Waals surface area (Å²) in [5.74, 6) is -0.697. The van der Waals surface area contributed by atoms with Crippen LogP contribution in [0.2, 0.25) is 0 Å². The Hall–Kier alpha value is -3.36. The maximum Gasteiger partial charge on any atom is 0.257 e. The smallest absolute Gasteiger partial charge is 0.257 e. The molecule has 4 rings (SSSR count).